The minimum absolute atomic E-state index is 0.413. The van der Waals surface area contributed by atoms with Gasteiger partial charge in [0.1, 0.15) is 5.78 Å². The Labute approximate surface area is 121 Å². The van der Waals surface area contributed by atoms with E-state index in [9.17, 15) is 4.79 Å². The summed E-state index contributed by atoms with van der Waals surface area (Å²) in [5.74, 6) is 0.477. The Bertz CT molecular complexity index is 239. The third-order valence-corrected chi connectivity index (χ3v) is 3.51. The summed E-state index contributed by atoms with van der Waals surface area (Å²) in [5.41, 5.74) is 0.854. The van der Waals surface area contributed by atoms with E-state index in [2.05, 4.69) is 41.5 Å². The highest BCUT2D eigenvalue weighted by atomic mass is 16.1. The van der Waals surface area contributed by atoms with Gasteiger partial charge in [-0.05, 0) is 36.5 Å². The molecule has 0 aliphatic rings. The molecule has 1 nitrogen and oxygen atoms in total. The van der Waals surface area contributed by atoms with Crippen LogP contribution >= 0.6 is 0 Å². The minimum atomic E-state index is 0.413. The highest BCUT2D eigenvalue weighted by molar-refractivity contribution is 5.78. The summed E-state index contributed by atoms with van der Waals surface area (Å²) in [7, 11) is 0. The maximum Gasteiger partial charge on any atom is 0.132 e. The molecule has 0 spiro atoms. The molecular formula is C18H36O. The third-order valence-electron chi connectivity index (χ3n) is 3.51. The molecule has 19 heavy (non-hydrogen) atoms. The molecule has 0 atom stereocenters. The van der Waals surface area contributed by atoms with Gasteiger partial charge in [0.25, 0.3) is 0 Å². The molecule has 0 saturated carbocycles. The molecule has 0 unspecified atom stereocenters. The second-order valence-corrected chi connectivity index (χ2v) is 8.43. The van der Waals surface area contributed by atoms with E-state index in [1.807, 2.05) is 0 Å². The first-order valence-corrected chi connectivity index (χ1v) is 8.12. The Balaban J connectivity index is 3.41. The van der Waals surface area contributed by atoms with Crippen molar-refractivity contribution >= 4 is 5.78 Å². The zero-order chi connectivity index (χ0) is 14.9. The average Bonchev–Trinajstić information content (AvgIpc) is 2.21. The van der Waals surface area contributed by atoms with Crippen LogP contribution in [-0.2, 0) is 4.79 Å². The van der Waals surface area contributed by atoms with Crippen LogP contribution in [0.5, 0.6) is 0 Å². The number of hydrogen-bond donors (Lipinski definition) is 0. The molecule has 0 aliphatic heterocycles. The number of Topliss-reactive ketones (excluding diaryl/α,β-unsaturated/α-hetero) is 1. The van der Waals surface area contributed by atoms with Gasteiger partial charge in [0.05, 0.1) is 0 Å². The molecule has 0 aliphatic carbocycles. The van der Waals surface area contributed by atoms with Crippen molar-refractivity contribution in [3.05, 3.63) is 0 Å². The third kappa shape index (κ3) is 15.6. The van der Waals surface area contributed by atoms with Crippen molar-refractivity contribution < 1.29 is 4.79 Å². The van der Waals surface area contributed by atoms with Gasteiger partial charge in [0.15, 0.2) is 0 Å². The van der Waals surface area contributed by atoms with Crippen LogP contribution in [0.25, 0.3) is 0 Å². The smallest absolute Gasteiger partial charge is 0.132 e. The van der Waals surface area contributed by atoms with Crippen molar-refractivity contribution in [2.24, 2.45) is 10.8 Å². The van der Waals surface area contributed by atoms with Crippen molar-refractivity contribution in [2.45, 2.75) is 99.3 Å². The molecule has 1 heteroatoms. The second kappa shape index (κ2) is 8.76. The van der Waals surface area contributed by atoms with Gasteiger partial charge in [0.2, 0.25) is 0 Å². The molecule has 114 valence electrons. The van der Waals surface area contributed by atoms with Gasteiger partial charge in [-0.25, -0.2) is 0 Å². The second-order valence-electron chi connectivity index (χ2n) is 8.43. The van der Waals surface area contributed by atoms with E-state index in [1.54, 1.807) is 0 Å². The lowest BCUT2D eigenvalue weighted by Crippen LogP contribution is -2.05. The van der Waals surface area contributed by atoms with E-state index in [4.69, 9.17) is 0 Å². The SMILES string of the molecule is CC(C)(C)CCCCCC(=O)CCCCC(C)(C)C. The van der Waals surface area contributed by atoms with Crippen molar-refractivity contribution in [3.8, 4) is 0 Å². The first-order chi connectivity index (χ1) is 8.60. The lowest BCUT2D eigenvalue weighted by molar-refractivity contribution is -0.119. The van der Waals surface area contributed by atoms with Crippen molar-refractivity contribution in [1.82, 2.24) is 0 Å². The summed E-state index contributed by atoms with van der Waals surface area (Å²) in [4.78, 5) is 11.7. The van der Waals surface area contributed by atoms with Crippen molar-refractivity contribution in [1.29, 1.82) is 0 Å². The molecule has 0 radical (unpaired) electrons. The van der Waals surface area contributed by atoms with E-state index in [0.29, 0.717) is 16.6 Å². The summed E-state index contributed by atoms with van der Waals surface area (Å²) in [6.07, 6.45) is 9.95. The van der Waals surface area contributed by atoms with Gasteiger partial charge < -0.3 is 0 Å². The van der Waals surface area contributed by atoms with Crippen LogP contribution in [0.1, 0.15) is 99.3 Å². The van der Waals surface area contributed by atoms with Gasteiger partial charge in [-0.2, -0.15) is 0 Å². The van der Waals surface area contributed by atoms with Gasteiger partial charge >= 0.3 is 0 Å². The zero-order valence-corrected chi connectivity index (χ0v) is 14.3. The van der Waals surface area contributed by atoms with Crippen LogP contribution in [0.2, 0.25) is 0 Å². The summed E-state index contributed by atoms with van der Waals surface area (Å²) < 4.78 is 0. The molecule has 0 bridgehead atoms. The minimum Gasteiger partial charge on any atom is -0.300 e. The predicted octanol–water partition coefficient (Wildman–Crippen LogP) is 6.16. The number of carbonyl (C=O) groups is 1. The first-order valence-electron chi connectivity index (χ1n) is 8.12. The molecule has 0 aromatic rings. The highest BCUT2D eigenvalue weighted by Gasteiger charge is 2.11. The van der Waals surface area contributed by atoms with Crippen molar-refractivity contribution in [2.75, 3.05) is 0 Å². The van der Waals surface area contributed by atoms with Gasteiger partial charge in [0, 0.05) is 12.8 Å². The molecule has 0 saturated heterocycles. The summed E-state index contributed by atoms with van der Waals surface area (Å²) in [6, 6.07) is 0. The van der Waals surface area contributed by atoms with E-state index in [1.165, 1.54) is 32.1 Å². The molecule has 0 N–H and O–H groups in total. The van der Waals surface area contributed by atoms with Crippen molar-refractivity contribution in [3.63, 3.8) is 0 Å². The van der Waals surface area contributed by atoms with E-state index in [0.717, 1.165) is 25.7 Å². The molecule has 0 aromatic carbocycles. The highest BCUT2D eigenvalue weighted by Crippen LogP contribution is 2.23. The van der Waals surface area contributed by atoms with Gasteiger partial charge in [-0.15, -0.1) is 0 Å². The number of unbranched alkanes of at least 4 members (excludes halogenated alkanes) is 3. The maximum absolute atomic E-state index is 11.7. The van der Waals surface area contributed by atoms with Gasteiger partial charge in [-0.1, -0.05) is 60.8 Å². The number of rotatable bonds is 9. The topological polar surface area (TPSA) is 17.1 Å². The maximum atomic E-state index is 11.7. The average molecular weight is 268 g/mol. The quantitative estimate of drug-likeness (QED) is 0.458. The molecule has 0 rings (SSSR count). The van der Waals surface area contributed by atoms with E-state index >= 15 is 0 Å². The Morgan fingerprint density at radius 3 is 1.42 bits per heavy atom. The Hall–Kier alpha value is -0.330. The summed E-state index contributed by atoms with van der Waals surface area (Å²) in [6.45, 7) is 13.7. The van der Waals surface area contributed by atoms with Crippen LogP contribution in [0.15, 0.2) is 0 Å². The van der Waals surface area contributed by atoms with Crippen LogP contribution in [0.4, 0.5) is 0 Å². The molecule has 0 heterocycles. The predicted molar refractivity (Wildman–Crippen MR) is 85.5 cm³/mol. The lowest BCUT2D eigenvalue weighted by Gasteiger charge is -2.17. The van der Waals surface area contributed by atoms with Gasteiger partial charge in [-0.3, -0.25) is 4.79 Å². The monoisotopic (exact) mass is 268 g/mol. The van der Waals surface area contributed by atoms with E-state index < -0.39 is 0 Å². The fourth-order valence-electron chi connectivity index (χ4n) is 2.26. The lowest BCUT2D eigenvalue weighted by atomic mass is 9.88. The van der Waals surface area contributed by atoms with Crippen LogP contribution < -0.4 is 0 Å². The number of carbonyl (C=O) groups excluding carboxylic acids is 1. The number of hydrogen-bond acceptors (Lipinski definition) is 1. The summed E-state index contributed by atoms with van der Waals surface area (Å²) >= 11 is 0. The fraction of sp³-hybridized carbons (Fsp3) is 0.944. The normalized spacial score (nSPS) is 12.7. The van der Waals surface area contributed by atoms with Crippen LogP contribution in [0.3, 0.4) is 0 Å². The summed E-state index contributed by atoms with van der Waals surface area (Å²) in [5, 5.41) is 0. The number of ketones is 1. The Morgan fingerprint density at radius 2 is 1.00 bits per heavy atom. The van der Waals surface area contributed by atoms with E-state index in [-0.39, 0.29) is 0 Å². The largest absolute Gasteiger partial charge is 0.300 e. The Kier molecular flexibility index (Phi) is 8.61. The molecule has 0 fully saturated rings. The Morgan fingerprint density at radius 1 is 0.632 bits per heavy atom. The standard InChI is InChI=1S/C18H36O/c1-17(2,3)14-10-7-8-12-16(19)13-9-11-15-18(4,5)6/h7-15H2,1-6H3. The van der Waals surface area contributed by atoms with Crippen LogP contribution in [0, 0.1) is 10.8 Å². The first kappa shape index (κ1) is 18.7. The van der Waals surface area contributed by atoms with Crippen LogP contribution in [-0.4, -0.2) is 5.78 Å². The molecule has 0 amide bonds. The zero-order valence-electron chi connectivity index (χ0n) is 14.3. The molecule has 0 aromatic heterocycles. The fourth-order valence-corrected chi connectivity index (χ4v) is 2.26. The molecular weight excluding hydrogens is 232 g/mol.